The maximum Gasteiger partial charge on any atom is 0.0387 e. The van der Waals surface area contributed by atoms with Crippen LogP contribution in [0, 0.1) is 13.8 Å². The Bertz CT molecular complexity index is 647. The zero-order valence-electron chi connectivity index (χ0n) is 8.87. The van der Waals surface area contributed by atoms with Gasteiger partial charge in [0.25, 0.3) is 0 Å². The lowest BCUT2D eigenvalue weighted by Crippen LogP contribution is -1.78. The normalized spacial score (nSPS) is 11.3. The molecule has 0 fully saturated rings. The van der Waals surface area contributed by atoms with Crippen molar-refractivity contribution in [2.75, 3.05) is 0 Å². The smallest absolute Gasteiger partial charge is 0.0387 e. The molecule has 15 heavy (non-hydrogen) atoms. The zero-order valence-corrected chi connectivity index (χ0v) is 9.69. The van der Waals surface area contributed by atoms with E-state index in [9.17, 15) is 0 Å². The van der Waals surface area contributed by atoms with Crippen molar-refractivity contribution in [2.24, 2.45) is 0 Å². The number of hydrogen-bond donors (Lipinski definition) is 0. The Morgan fingerprint density at radius 2 is 1.67 bits per heavy atom. The van der Waals surface area contributed by atoms with E-state index in [0.29, 0.717) is 0 Å². The van der Waals surface area contributed by atoms with Crippen LogP contribution >= 0.6 is 11.3 Å². The fraction of sp³-hybridized carbons (Fsp3) is 0.143. The number of rotatable bonds is 0. The van der Waals surface area contributed by atoms with E-state index >= 15 is 0 Å². The molecule has 0 unspecified atom stereocenters. The highest BCUT2D eigenvalue weighted by Crippen LogP contribution is 2.36. The molecular weight excluding hydrogens is 200 g/mol. The Hall–Kier alpha value is -1.34. The Kier molecular flexibility index (Phi) is 1.83. The summed E-state index contributed by atoms with van der Waals surface area (Å²) in [6, 6.07) is 13.1. The van der Waals surface area contributed by atoms with Crippen LogP contribution in [0.4, 0.5) is 0 Å². The van der Waals surface area contributed by atoms with Crippen LogP contribution in [0.25, 0.3) is 20.2 Å². The first-order valence-electron chi connectivity index (χ1n) is 5.15. The van der Waals surface area contributed by atoms with Crippen molar-refractivity contribution in [1.29, 1.82) is 0 Å². The molecule has 1 aromatic heterocycles. The lowest BCUT2D eigenvalue weighted by molar-refractivity contribution is 1.39. The van der Waals surface area contributed by atoms with Gasteiger partial charge in [0.2, 0.25) is 0 Å². The highest BCUT2D eigenvalue weighted by atomic mass is 32.1. The van der Waals surface area contributed by atoms with Crippen LogP contribution < -0.4 is 0 Å². The van der Waals surface area contributed by atoms with Crippen LogP contribution in [0.15, 0.2) is 36.4 Å². The minimum absolute atomic E-state index is 1.38. The van der Waals surface area contributed by atoms with Gasteiger partial charge >= 0.3 is 0 Å². The third-order valence-corrected chi connectivity index (χ3v) is 4.37. The Labute approximate surface area is 93.2 Å². The van der Waals surface area contributed by atoms with E-state index in [1.807, 2.05) is 11.3 Å². The number of fused-ring (bicyclic) bond motifs is 3. The molecule has 0 radical (unpaired) electrons. The van der Waals surface area contributed by atoms with Crippen molar-refractivity contribution in [3.05, 3.63) is 47.5 Å². The summed E-state index contributed by atoms with van der Waals surface area (Å²) in [5.74, 6) is 0. The first-order chi connectivity index (χ1) is 7.27. The largest absolute Gasteiger partial charge is 0.135 e. The molecule has 0 atom stereocenters. The summed E-state index contributed by atoms with van der Waals surface area (Å²) in [4.78, 5) is 0. The zero-order chi connectivity index (χ0) is 10.4. The van der Waals surface area contributed by atoms with Gasteiger partial charge in [-0.1, -0.05) is 30.3 Å². The van der Waals surface area contributed by atoms with E-state index in [-0.39, 0.29) is 0 Å². The SMILES string of the molecule is Cc1ccc2c(sc3ccccc32)c1C. The van der Waals surface area contributed by atoms with E-state index in [0.717, 1.165) is 0 Å². The molecule has 0 saturated carbocycles. The van der Waals surface area contributed by atoms with Crippen molar-refractivity contribution in [1.82, 2.24) is 0 Å². The average molecular weight is 212 g/mol. The molecule has 0 aliphatic heterocycles. The Morgan fingerprint density at radius 3 is 2.53 bits per heavy atom. The standard InChI is InChI=1S/C14H12S/c1-9-7-8-12-11-5-3-4-6-13(11)15-14(12)10(9)2/h3-8H,1-2H3. The van der Waals surface area contributed by atoms with Crippen LogP contribution in [0.5, 0.6) is 0 Å². The summed E-state index contributed by atoms with van der Waals surface area (Å²) in [6.07, 6.45) is 0. The van der Waals surface area contributed by atoms with Crippen molar-refractivity contribution >= 4 is 31.5 Å². The Balaban J connectivity index is 2.60. The summed E-state index contributed by atoms with van der Waals surface area (Å²) in [5, 5.41) is 2.79. The van der Waals surface area contributed by atoms with E-state index in [4.69, 9.17) is 0 Å². The Morgan fingerprint density at radius 1 is 0.867 bits per heavy atom. The third kappa shape index (κ3) is 1.20. The van der Waals surface area contributed by atoms with Gasteiger partial charge in [0.15, 0.2) is 0 Å². The summed E-state index contributed by atoms with van der Waals surface area (Å²) in [7, 11) is 0. The van der Waals surface area contributed by atoms with Gasteiger partial charge in [-0.15, -0.1) is 11.3 Å². The molecule has 0 aliphatic rings. The number of hydrogen-bond acceptors (Lipinski definition) is 1. The van der Waals surface area contributed by atoms with Crippen LogP contribution in [0.2, 0.25) is 0 Å². The maximum absolute atomic E-state index is 2.25. The summed E-state index contributed by atoms with van der Waals surface area (Å²) < 4.78 is 2.83. The predicted octanol–water partition coefficient (Wildman–Crippen LogP) is 4.67. The molecule has 0 N–H and O–H groups in total. The minimum atomic E-state index is 1.38. The number of thiophene rings is 1. The highest BCUT2D eigenvalue weighted by Gasteiger charge is 2.07. The first kappa shape index (κ1) is 8.93. The topological polar surface area (TPSA) is 0 Å². The van der Waals surface area contributed by atoms with Crippen molar-refractivity contribution in [3.63, 3.8) is 0 Å². The average Bonchev–Trinajstić information content (AvgIpc) is 2.63. The fourth-order valence-electron chi connectivity index (χ4n) is 2.02. The van der Waals surface area contributed by atoms with Gasteiger partial charge in [0.1, 0.15) is 0 Å². The van der Waals surface area contributed by atoms with Gasteiger partial charge in [-0.25, -0.2) is 0 Å². The molecule has 0 aliphatic carbocycles. The number of benzene rings is 2. The van der Waals surface area contributed by atoms with Gasteiger partial charge in [-0.2, -0.15) is 0 Å². The molecular formula is C14H12S. The molecule has 0 saturated heterocycles. The quantitative estimate of drug-likeness (QED) is 0.508. The summed E-state index contributed by atoms with van der Waals surface area (Å²) in [6.45, 7) is 4.40. The number of aryl methyl sites for hydroxylation is 2. The molecule has 0 nitrogen and oxygen atoms in total. The molecule has 3 aromatic rings. The summed E-state index contributed by atoms with van der Waals surface area (Å²) in [5.41, 5.74) is 2.81. The van der Waals surface area contributed by atoms with Crippen molar-refractivity contribution in [3.8, 4) is 0 Å². The van der Waals surface area contributed by atoms with Gasteiger partial charge in [-0.3, -0.25) is 0 Å². The lowest BCUT2D eigenvalue weighted by Gasteiger charge is -1.99. The second-order valence-corrected chi connectivity index (χ2v) is 5.03. The third-order valence-electron chi connectivity index (χ3n) is 3.07. The minimum Gasteiger partial charge on any atom is -0.135 e. The molecule has 3 rings (SSSR count). The van der Waals surface area contributed by atoms with Crippen LogP contribution in [-0.4, -0.2) is 0 Å². The molecule has 0 spiro atoms. The van der Waals surface area contributed by atoms with Crippen LogP contribution in [-0.2, 0) is 0 Å². The second kappa shape index (κ2) is 3.07. The van der Waals surface area contributed by atoms with Crippen LogP contribution in [0.3, 0.4) is 0 Å². The predicted molar refractivity (Wildman–Crippen MR) is 68.8 cm³/mol. The summed E-state index contributed by atoms with van der Waals surface area (Å²) >= 11 is 1.90. The van der Waals surface area contributed by atoms with E-state index in [2.05, 4.69) is 50.2 Å². The van der Waals surface area contributed by atoms with Crippen molar-refractivity contribution < 1.29 is 0 Å². The molecule has 0 bridgehead atoms. The molecule has 1 heteroatoms. The maximum atomic E-state index is 2.25. The van der Waals surface area contributed by atoms with Gasteiger partial charge < -0.3 is 0 Å². The van der Waals surface area contributed by atoms with Crippen molar-refractivity contribution in [2.45, 2.75) is 13.8 Å². The second-order valence-electron chi connectivity index (χ2n) is 3.98. The molecule has 2 aromatic carbocycles. The van der Waals surface area contributed by atoms with E-state index < -0.39 is 0 Å². The monoisotopic (exact) mass is 212 g/mol. The highest BCUT2D eigenvalue weighted by molar-refractivity contribution is 7.26. The molecule has 1 heterocycles. The van der Waals surface area contributed by atoms with E-state index in [1.165, 1.54) is 31.3 Å². The van der Waals surface area contributed by atoms with Gasteiger partial charge in [-0.05, 0) is 31.0 Å². The first-order valence-corrected chi connectivity index (χ1v) is 5.96. The lowest BCUT2D eigenvalue weighted by atomic mass is 10.1. The van der Waals surface area contributed by atoms with Gasteiger partial charge in [0, 0.05) is 20.2 Å². The molecule has 0 amide bonds. The van der Waals surface area contributed by atoms with Gasteiger partial charge in [0.05, 0.1) is 0 Å². The van der Waals surface area contributed by atoms with Crippen LogP contribution in [0.1, 0.15) is 11.1 Å². The fourth-order valence-corrected chi connectivity index (χ4v) is 3.28. The molecule has 74 valence electrons. The van der Waals surface area contributed by atoms with E-state index in [1.54, 1.807) is 0 Å².